The van der Waals surface area contributed by atoms with E-state index in [2.05, 4.69) is 0 Å². The van der Waals surface area contributed by atoms with Crippen LogP contribution < -0.4 is 5.56 Å². The van der Waals surface area contributed by atoms with Crippen molar-refractivity contribution in [2.45, 2.75) is 19.9 Å². The van der Waals surface area contributed by atoms with Crippen LogP contribution in [0.5, 0.6) is 0 Å². The Kier molecular flexibility index (Phi) is 5.86. The SMILES string of the molecule is CCOC(=O)C(C=O)Cc1ccn(Cc2ccccc2)c(=O)c1. The third-order valence-corrected chi connectivity index (χ3v) is 3.47. The van der Waals surface area contributed by atoms with Crippen molar-refractivity contribution in [2.75, 3.05) is 6.61 Å². The summed E-state index contributed by atoms with van der Waals surface area (Å²) in [6.45, 7) is 2.39. The molecule has 1 atom stereocenters. The van der Waals surface area contributed by atoms with Crippen molar-refractivity contribution in [3.05, 3.63) is 70.1 Å². The van der Waals surface area contributed by atoms with Crippen LogP contribution in [0.4, 0.5) is 0 Å². The molecule has 23 heavy (non-hydrogen) atoms. The van der Waals surface area contributed by atoms with Crippen molar-refractivity contribution in [3.63, 3.8) is 0 Å². The number of rotatable bonds is 7. The molecule has 1 aromatic heterocycles. The zero-order valence-corrected chi connectivity index (χ0v) is 13.0. The van der Waals surface area contributed by atoms with Gasteiger partial charge in [0.25, 0.3) is 5.56 Å². The molecule has 0 spiro atoms. The third-order valence-electron chi connectivity index (χ3n) is 3.47. The molecule has 0 fully saturated rings. The Morgan fingerprint density at radius 3 is 2.57 bits per heavy atom. The quantitative estimate of drug-likeness (QED) is 0.444. The summed E-state index contributed by atoms with van der Waals surface area (Å²) < 4.78 is 6.43. The first kappa shape index (κ1) is 16.7. The van der Waals surface area contributed by atoms with E-state index in [1.165, 1.54) is 6.07 Å². The number of carbonyl (C=O) groups is 2. The van der Waals surface area contributed by atoms with Gasteiger partial charge < -0.3 is 14.1 Å². The van der Waals surface area contributed by atoms with E-state index < -0.39 is 11.9 Å². The molecule has 1 heterocycles. The smallest absolute Gasteiger partial charge is 0.316 e. The Bertz CT molecular complexity index is 721. The van der Waals surface area contributed by atoms with Gasteiger partial charge in [0.15, 0.2) is 0 Å². The highest BCUT2D eigenvalue weighted by Gasteiger charge is 2.19. The highest BCUT2D eigenvalue weighted by atomic mass is 16.5. The van der Waals surface area contributed by atoms with Crippen molar-refractivity contribution < 1.29 is 14.3 Å². The maximum absolute atomic E-state index is 12.2. The van der Waals surface area contributed by atoms with E-state index in [1.807, 2.05) is 30.3 Å². The minimum atomic E-state index is -0.876. The Morgan fingerprint density at radius 2 is 1.96 bits per heavy atom. The molecule has 1 aromatic carbocycles. The van der Waals surface area contributed by atoms with Crippen molar-refractivity contribution >= 4 is 12.3 Å². The minimum absolute atomic E-state index is 0.167. The lowest BCUT2D eigenvalue weighted by Crippen LogP contribution is -2.24. The largest absolute Gasteiger partial charge is 0.465 e. The summed E-state index contributed by atoms with van der Waals surface area (Å²) in [4.78, 5) is 34.8. The van der Waals surface area contributed by atoms with Gasteiger partial charge in [0.05, 0.1) is 13.2 Å². The van der Waals surface area contributed by atoms with E-state index in [0.717, 1.165) is 5.56 Å². The molecular formula is C18H19NO4. The topological polar surface area (TPSA) is 65.4 Å². The maximum atomic E-state index is 12.2. The number of hydrogen-bond acceptors (Lipinski definition) is 4. The number of benzene rings is 1. The van der Waals surface area contributed by atoms with Gasteiger partial charge in [-0.15, -0.1) is 0 Å². The first-order valence-corrected chi connectivity index (χ1v) is 7.49. The summed E-state index contributed by atoms with van der Waals surface area (Å²) >= 11 is 0. The maximum Gasteiger partial charge on any atom is 0.316 e. The van der Waals surface area contributed by atoms with E-state index in [0.29, 0.717) is 18.4 Å². The summed E-state index contributed by atoms with van der Waals surface area (Å²) in [5.74, 6) is -1.43. The van der Waals surface area contributed by atoms with E-state index in [1.54, 1.807) is 23.8 Å². The number of hydrogen-bond donors (Lipinski definition) is 0. The second-order valence-electron chi connectivity index (χ2n) is 5.19. The monoisotopic (exact) mass is 313 g/mol. The van der Waals surface area contributed by atoms with Gasteiger partial charge in [-0.25, -0.2) is 0 Å². The standard InChI is InChI=1S/C18H19NO4/c1-2-23-18(22)16(13-20)10-15-8-9-19(17(21)11-15)12-14-6-4-3-5-7-14/h3-9,11,13,16H,2,10,12H2,1H3. The number of aromatic nitrogens is 1. The van der Waals surface area contributed by atoms with Crippen LogP contribution in [-0.2, 0) is 27.3 Å². The fourth-order valence-electron chi connectivity index (χ4n) is 2.28. The summed E-state index contributed by atoms with van der Waals surface area (Å²) in [6.07, 6.45) is 2.41. The molecule has 0 N–H and O–H groups in total. The molecule has 0 radical (unpaired) electrons. The Balaban J connectivity index is 2.11. The van der Waals surface area contributed by atoms with Crippen molar-refractivity contribution in [2.24, 2.45) is 5.92 Å². The van der Waals surface area contributed by atoms with Crippen molar-refractivity contribution in [1.82, 2.24) is 4.57 Å². The predicted octanol–water partition coefficient (Wildman–Crippen LogP) is 1.82. The molecule has 0 saturated heterocycles. The number of carbonyl (C=O) groups excluding carboxylic acids is 2. The summed E-state index contributed by atoms with van der Waals surface area (Å²) in [5, 5.41) is 0. The molecule has 0 amide bonds. The highest BCUT2D eigenvalue weighted by molar-refractivity contribution is 5.88. The second-order valence-corrected chi connectivity index (χ2v) is 5.19. The molecular weight excluding hydrogens is 294 g/mol. The van der Waals surface area contributed by atoms with Gasteiger partial charge in [0, 0.05) is 12.3 Å². The molecule has 2 aromatic rings. The average Bonchev–Trinajstić information content (AvgIpc) is 2.56. The molecule has 5 heteroatoms. The molecule has 0 aliphatic carbocycles. The van der Waals surface area contributed by atoms with Crippen LogP contribution in [0.2, 0.25) is 0 Å². The van der Waals surface area contributed by atoms with Crippen LogP contribution in [0.1, 0.15) is 18.1 Å². The fourth-order valence-corrected chi connectivity index (χ4v) is 2.28. The van der Waals surface area contributed by atoms with Gasteiger partial charge in [-0.2, -0.15) is 0 Å². The predicted molar refractivity (Wildman–Crippen MR) is 86.1 cm³/mol. The lowest BCUT2D eigenvalue weighted by Gasteiger charge is -2.11. The number of aldehydes is 1. The molecule has 120 valence electrons. The van der Waals surface area contributed by atoms with Gasteiger partial charge in [-0.3, -0.25) is 9.59 Å². The number of nitrogens with zero attached hydrogens (tertiary/aromatic N) is 1. The summed E-state index contributed by atoms with van der Waals surface area (Å²) in [7, 11) is 0. The zero-order chi connectivity index (χ0) is 16.7. The van der Waals surface area contributed by atoms with Crippen molar-refractivity contribution in [3.8, 4) is 0 Å². The molecule has 1 unspecified atom stereocenters. The fraction of sp³-hybridized carbons (Fsp3) is 0.278. The van der Waals surface area contributed by atoms with Crippen molar-refractivity contribution in [1.29, 1.82) is 0 Å². The van der Waals surface area contributed by atoms with Crippen LogP contribution in [0.15, 0.2) is 53.5 Å². The molecule has 2 rings (SSSR count). The second kappa shape index (κ2) is 8.08. The molecule has 0 aliphatic rings. The Morgan fingerprint density at radius 1 is 1.22 bits per heavy atom. The molecule has 0 saturated carbocycles. The third kappa shape index (κ3) is 4.64. The molecule has 0 aliphatic heterocycles. The zero-order valence-electron chi connectivity index (χ0n) is 13.0. The van der Waals surface area contributed by atoms with Crippen LogP contribution in [-0.4, -0.2) is 23.4 Å². The van der Waals surface area contributed by atoms with Crippen LogP contribution in [0.3, 0.4) is 0 Å². The summed E-state index contributed by atoms with van der Waals surface area (Å²) in [6, 6.07) is 12.9. The van der Waals surface area contributed by atoms with E-state index in [9.17, 15) is 14.4 Å². The van der Waals surface area contributed by atoms with Crippen LogP contribution in [0.25, 0.3) is 0 Å². The Labute approximate surface area is 134 Å². The molecule has 0 bridgehead atoms. The van der Waals surface area contributed by atoms with E-state index >= 15 is 0 Å². The first-order chi connectivity index (χ1) is 11.1. The van der Waals surface area contributed by atoms with E-state index in [4.69, 9.17) is 4.74 Å². The van der Waals surface area contributed by atoms with Gasteiger partial charge in [0.1, 0.15) is 12.2 Å². The first-order valence-electron chi connectivity index (χ1n) is 7.49. The van der Waals surface area contributed by atoms with Crippen LogP contribution in [0, 0.1) is 5.92 Å². The normalized spacial score (nSPS) is 11.7. The van der Waals surface area contributed by atoms with E-state index in [-0.39, 0.29) is 18.6 Å². The van der Waals surface area contributed by atoms with Gasteiger partial charge in [-0.05, 0) is 30.5 Å². The number of ether oxygens (including phenoxy) is 1. The number of esters is 1. The lowest BCUT2D eigenvalue weighted by atomic mass is 10.0. The van der Waals surface area contributed by atoms with Crippen LogP contribution >= 0.6 is 0 Å². The van der Waals surface area contributed by atoms with Gasteiger partial charge >= 0.3 is 5.97 Å². The Hall–Kier alpha value is -2.69. The minimum Gasteiger partial charge on any atom is -0.465 e. The average molecular weight is 313 g/mol. The number of pyridine rings is 1. The van der Waals surface area contributed by atoms with Gasteiger partial charge in [0.2, 0.25) is 0 Å². The van der Waals surface area contributed by atoms with Gasteiger partial charge in [-0.1, -0.05) is 30.3 Å². The molecule has 5 nitrogen and oxygen atoms in total. The lowest BCUT2D eigenvalue weighted by molar-refractivity contribution is -0.149. The summed E-state index contributed by atoms with van der Waals surface area (Å²) in [5.41, 5.74) is 1.50. The highest BCUT2D eigenvalue weighted by Crippen LogP contribution is 2.08.